The van der Waals surface area contributed by atoms with Crippen molar-refractivity contribution in [3.8, 4) is 11.6 Å². The first-order valence-corrected chi connectivity index (χ1v) is 11.1. The van der Waals surface area contributed by atoms with E-state index in [-0.39, 0.29) is 11.6 Å². The molecule has 1 heterocycles. The van der Waals surface area contributed by atoms with E-state index in [9.17, 15) is 0 Å². The monoisotopic (exact) mass is 420 g/mol. The molecule has 3 rings (SSSR count). The van der Waals surface area contributed by atoms with Gasteiger partial charge < -0.3 is 19.9 Å². The topological polar surface area (TPSA) is 66.6 Å². The Morgan fingerprint density at radius 2 is 2.00 bits per heavy atom. The first-order valence-electron chi connectivity index (χ1n) is 10.7. The summed E-state index contributed by atoms with van der Waals surface area (Å²) in [6.45, 7) is 3.57. The number of ether oxygens (including phenoxy) is 3. The van der Waals surface area contributed by atoms with Crippen LogP contribution < -0.4 is 15.2 Å². The van der Waals surface area contributed by atoms with Gasteiger partial charge in [-0.3, -0.25) is 0 Å². The van der Waals surface area contributed by atoms with Crippen LogP contribution >= 0.6 is 11.6 Å². The minimum Gasteiger partial charge on any atom is -0.489 e. The molecule has 0 saturated heterocycles. The van der Waals surface area contributed by atoms with Gasteiger partial charge in [-0.1, -0.05) is 24.9 Å². The van der Waals surface area contributed by atoms with E-state index >= 15 is 0 Å². The van der Waals surface area contributed by atoms with Crippen LogP contribution in [0.5, 0.6) is 11.6 Å². The first-order chi connectivity index (χ1) is 14.0. The fourth-order valence-electron chi connectivity index (χ4n) is 3.95. The average Bonchev–Trinajstić information content (AvgIpc) is 2.71. The summed E-state index contributed by atoms with van der Waals surface area (Å²) in [6.07, 6.45) is 9.82. The zero-order chi connectivity index (χ0) is 20.7. The molecule has 1 saturated carbocycles. The van der Waals surface area contributed by atoms with Crippen LogP contribution in [0.1, 0.15) is 58.3 Å². The highest BCUT2D eigenvalue weighted by Crippen LogP contribution is 2.37. The van der Waals surface area contributed by atoms with Gasteiger partial charge in [0.05, 0.1) is 17.7 Å². The molecular formula is C23H33ClN2O3. The van der Waals surface area contributed by atoms with E-state index in [1.165, 1.54) is 0 Å². The molecule has 1 aromatic carbocycles. The first kappa shape index (κ1) is 22.1. The van der Waals surface area contributed by atoms with Gasteiger partial charge in [0.15, 0.2) is 0 Å². The summed E-state index contributed by atoms with van der Waals surface area (Å²) in [4.78, 5) is 4.37. The summed E-state index contributed by atoms with van der Waals surface area (Å²) >= 11 is 6.55. The van der Waals surface area contributed by atoms with E-state index in [0.29, 0.717) is 17.5 Å². The van der Waals surface area contributed by atoms with Crippen LogP contribution in [0.25, 0.3) is 10.8 Å². The molecule has 0 unspecified atom stereocenters. The highest BCUT2D eigenvalue weighted by molar-refractivity contribution is 6.33. The Balaban J connectivity index is 1.64. The highest BCUT2D eigenvalue weighted by Gasteiger charge is 2.32. The van der Waals surface area contributed by atoms with Gasteiger partial charge in [-0.05, 0) is 68.5 Å². The third-order valence-corrected chi connectivity index (χ3v) is 6.06. The lowest BCUT2D eigenvalue weighted by molar-refractivity contribution is 0.107. The summed E-state index contributed by atoms with van der Waals surface area (Å²) < 4.78 is 17.3. The summed E-state index contributed by atoms with van der Waals surface area (Å²) in [7, 11) is 1.73. The molecule has 1 aliphatic rings. The van der Waals surface area contributed by atoms with E-state index in [2.05, 4.69) is 11.9 Å². The minimum atomic E-state index is -0.0953. The largest absolute Gasteiger partial charge is 0.489 e. The van der Waals surface area contributed by atoms with Crippen LogP contribution in [0.3, 0.4) is 0 Å². The second kappa shape index (κ2) is 10.5. The van der Waals surface area contributed by atoms with Crippen LogP contribution in [0, 0.1) is 0 Å². The third kappa shape index (κ3) is 5.97. The molecular weight excluding hydrogens is 388 g/mol. The zero-order valence-corrected chi connectivity index (χ0v) is 18.3. The zero-order valence-electron chi connectivity index (χ0n) is 17.6. The number of unbranched alkanes of at least 4 members (excludes halogenated alkanes) is 1. The van der Waals surface area contributed by atoms with Gasteiger partial charge in [0, 0.05) is 30.8 Å². The molecule has 160 valence electrons. The Labute approximate surface area is 178 Å². The van der Waals surface area contributed by atoms with E-state index < -0.39 is 0 Å². The smallest absolute Gasteiger partial charge is 0.221 e. The van der Waals surface area contributed by atoms with Crippen LogP contribution in [0.15, 0.2) is 24.4 Å². The summed E-state index contributed by atoms with van der Waals surface area (Å²) in [5.41, 5.74) is 6.47. The van der Waals surface area contributed by atoms with E-state index in [4.69, 9.17) is 31.5 Å². The van der Waals surface area contributed by atoms with Crippen molar-refractivity contribution in [1.82, 2.24) is 4.98 Å². The molecule has 0 spiro atoms. The van der Waals surface area contributed by atoms with Gasteiger partial charge in [-0.15, -0.1) is 0 Å². The molecule has 0 bridgehead atoms. The number of nitrogens with two attached hydrogens (primary N) is 1. The molecule has 5 nitrogen and oxygen atoms in total. The standard InChI is InChI=1S/C23H33ClN2O3/c1-3-4-14-28-22-19-16-20(24)21(15-17(19)8-12-26-22)29-18-6-10-23(25,11-7-18)9-5-13-27-2/h8,12,15-16,18H,3-7,9-11,13-14,25H2,1-2H3. The molecule has 2 N–H and O–H groups in total. The summed E-state index contributed by atoms with van der Waals surface area (Å²) in [5, 5.41) is 2.54. The maximum absolute atomic E-state index is 6.57. The predicted octanol–water partition coefficient (Wildman–Crippen LogP) is 5.51. The van der Waals surface area contributed by atoms with Crippen molar-refractivity contribution in [3.63, 3.8) is 0 Å². The van der Waals surface area contributed by atoms with Crippen molar-refractivity contribution >= 4 is 22.4 Å². The SMILES string of the molecule is CCCCOc1nccc2cc(OC3CCC(N)(CCCOC)CC3)c(Cl)cc12. The van der Waals surface area contributed by atoms with Crippen LogP contribution in [-0.2, 0) is 4.74 Å². The van der Waals surface area contributed by atoms with Crippen molar-refractivity contribution in [2.75, 3.05) is 20.3 Å². The Morgan fingerprint density at radius 3 is 2.72 bits per heavy atom. The number of halogens is 1. The van der Waals surface area contributed by atoms with Crippen LogP contribution in [0.4, 0.5) is 0 Å². The Hall–Kier alpha value is -1.56. The van der Waals surface area contributed by atoms with Gasteiger partial charge in [0.25, 0.3) is 0 Å². The second-order valence-electron chi connectivity index (χ2n) is 8.10. The Kier molecular flexibility index (Phi) is 7.99. The van der Waals surface area contributed by atoms with Crippen molar-refractivity contribution in [3.05, 3.63) is 29.4 Å². The molecule has 0 atom stereocenters. The van der Waals surface area contributed by atoms with Gasteiger partial charge >= 0.3 is 0 Å². The van der Waals surface area contributed by atoms with E-state index in [1.54, 1.807) is 13.3 Å². The minimum absolute atomic E-state index is 0.0953. The van der Waals surface area contributed by atoms with Crippen molar-refractivity contribution in [2.24, 2.45) is 5.73 Å². The number of benzene rings is 1. The fourth-order valence-corrected chi connectivity index (χ4v) is 4.16. The molecule has 1 aromatic heterocycles. The summed E-state index contributed by atoms with van der Waals surface area (Å²) in [6, 6.07) is 5.86. The van der Waals surface area contributed by atoms with Crippen molar-refractivity contribution in [1.29, 1.82) is 0 Å². The molecule has 0 amide bonds. The molecule has 29 heavy (non-hydrogen) atoms. The lowest BCUT2D eigenvalue weighted by Gasteiger charge is -2.37. The van der Waals surface area contributed by atoms with E-state index in [0.717, 1.165) is 74.5 Å². The normalized spacial score (nSPS) is 22.0. The van der Waals surface area contributed by atoms with Gasteiger partial charge in [-0.2, -0.15) is 0 Å². The average molecular weight is 421 g/mol. The van der Waals surface area contributed by atoms with Gasteiger partial charge in [0.2, 0.25) is 5.88 Å². The van der Waals surface area contributed by atoms with E-state index in [1.807, 2.05) is 18.2 Å². The Morgan fingerprint density at radius 1 is 1.21 bits per heavy atom. The lowest BCUT2D eigenvalue weighted by atomic mass is 9.78. The number of pyridine rings is 1. The fraction of sp³-hybridized carbons (Fsp3) is 0.609. The van der Waals surface area contributed by atoms with Crippen LogP contribution in [-0.4, -0.2) is 37.0 Å². The van der Waals surface area contributed by atoms with Crippen LogP contribution in [0.2, 0.25) is 5.02 Å². The number of aromatic nitrogens is 1. The predicted molar refractivity (Wildman–Crippen MR) is 118 cm³/mol. The molecule has 0 radical (unpaired) electrons. The Bertz CT molecular complexity index is 791. The van der Waals surface area contributed by atoms with Gasteiger partial charge in [-0.25, -0.2) is 4.98 Å². The highest BCUT2D eigenvalue weighted by atomic mass is 35.5. The number of hydrogen-bond acceptors (Lipinski definition) is 5. The maximum atomic E-state index is 6.57. The number of rotatable bonds is 10. The number of fused-ring (bicyclic) bond motifs is 1. The van der Waals surface area contributed by atoms with Crippen molar-refractivity contribution < 1.29 is 14.2 Å². The van der Waals surface area contributed by atoms with Crippen molar-refractivity contribution in [2.45, 2.75) is 69.9 Å². The quantitative estimate of drug-likeness (QED) is 0.513. The summed E-state index contributed by atoms with van der Waals surface area (Å²) in [5.74, 6) is 1.35. The molecule has 1 fully saturated rings. The number of methoxy groups -OCH3 is 1. The number of nitrogens with zero attached hydrogens (tertiary/aromatic N) is 1. The molecule has 0 aliphatic heterocycles. The molecule has 1 aliphatic carbocycles. The molecule has 6 heteroatoms. The maximum Gasteiger partial charge on any atom is 0.221 e. The second-order valence-corrected chi connectivity index (χ2v) is 8.51. The lowest BCUT2D eigenvalue weighted by Crippen LogP contribution is -2.45. The third-order valence-electron chi connectivity index (χ3n) is 5.76. The molecule has 2 aromatic rings. The number of hydrogen-bond donors (Lipinski definition) is 1. The van der Waals surface area contributed by atoms with Gasteiger partial charge in [0.1, 0.15) is 5.75 Å².